The average Bonchev–Trinajstić information content (AvgIpc) is 2.59. The molecular formula is C12H17N3. The van der Waals surface area contributed by atoms with Crippen LogP contribution in [0.25, 0.3) is 10.9 Å². The van der Waals surface area contributed by atoms with Crippen molar-refractivity contribution in [1.82, 2.24) is 9.78 Å². The van der Waals surface area contributed by atoms with E-state index in [4.69, 9.17) is 5.73 Å². The van der Waals surface area contributed by atoms with Crippen molar-refractivity contribution < 1.29 is 0 Å². The number of rotatable bonds is 2. The quantitative estimate of drug-likeness (QED) is 0.763. The normalized spacial score (nSPS) is 13.6. The molecule has 1 heterocycles. The highest BCUT2D eigenvalue weighted by Crippen LogP contribution is 2.23. The summed E-state index contributed by atoms with van der Waals surface area (Å²) in [7, 11) is 0. The van der Waals surface area contributed by atoms with Crippen LogP contribution in [0.3, 0.4) is 0 Å². The summed E-state index contributed by atoms with van der Waals surface area (Å²) in [6.45, 7) is 6.58. The van der Waals surface area contributed by atoms with Crippen LogP contribution in [-0.2, 0) is 0 Å². The van der Waals surface area contributed by atoms with Gasteiger partial charge in [-0.2, -0.15) is 5.10 Å². The van der Waals surface area contributed by atoms with Gasteiger partial charge in [-0.05, 0) is 31.0 Å². The van der Waals surface area contributed by atoms with E-state index in [1.54, 1.807) is 0 Å². The maximum atomic E-state index is 5.79. The van der Waals surface area contributed by atoms with Crippen LogP contribution < -0.4 is 5.73 Å². The van der Waals surface area contributed by atoms with Gasteiger partial charge in [-0.15, -0.1) is 0 Å². The van der Waals surface area contributed by atoms with E-state index in [0.29, 0.717) is 12.0 Å². The topological polar surface area (TPSA) is 43.8 Å². The molecule has 0 saturated carbocycles. The van der Waals surface area contributed by atoms with E-state index >= 15 is 0 Å². The molecule has 1 aromatic heterocycles. The van der Waals surface area contributed by atoms with Crippen LogP contribution in [0.2, 0.25) is 0 Å². The molecule has 80 valence electrons. The van der Waals surface area contributed by atoms with Gasteiger partial charge >= 0.3 is 0 Å². The Bertz CT molecular complexity index is 471. The zero-order valence-electron chi connectivity index (χ0n) is 9.44. The molecule has 0 saturated heterocycles. The highest BCUT2D eigenvalue weighted by atomic mass is 15.3. The number of hydrogen-bond acceptors (Lipinski definition) is 2. The van der Waals surface area contributed by atoms with E-state index in [1.165, 1.54) is 0 Å². The Kier molecular flexibility index (Phi) is 2.39. The lowest BCUT2D eigenvalue weighted by Crippen LogP contribution is -2.12. The van der Waals surface area contributed by atoms with Gasteiger partial charge < -0.3 is 5.73 Å². The van der Waals surface area contributed by atoms with Crippen LogP contribution in [0.4, 0.5) is 5.69 Å². The van der Waals surface area contributed by atoms with Gasteiger partial charge in [0.25, 0.3) is 0 Å². The number of aromatic nitrogens is 2. The summed E-state index contributed by atoms with van der Waals surface area (Å²) >= 11 is 0. The molecular weight excluding hydrogens is 186 g/mol. The van der Waals surface area contributed by atoms with Crippen molar-refractivity contribution in [3.63, 3.8) is 0 Å². The predicted octanol–water partition coefficient (Wildman–Crippen LogP) is 2.84. The molecule has 0 amide bonds. The van der Waals surface area contributed by atoms with Crippen molar-refractivity contribution in [1.29, 1.82) is 0 Å². The minimum Gasteiger partial charge on any atom is -0.399 e. The first-order valence-corrected chi connectivity index (χ1v) is 5.32. The highest BCUT2D eigenvalue weighted by molar-refractivity contribution is 5.81. The van der Waals surface area contributed by atoms with E-state index in [9.17, 15) is 0 Å². The molecule has 3 heteroatoms. The summed E-state index contributed by atoms with van der Waals surface area (Å²) in [5, 5.41) is 5.57. The molecule has 0 radical (unpaired) electrons. The lowest BCUT2D eigenvalue weighted by Gasteiger charge is -2.17. The van der Waals surface area contributed by atoms with Gasteiger partial charge in [-0.1, -0.05) is 13.8 Å². The Morgan fingerprint density at radius 2 is 2.00 bits per heavy atom. The fourth-order valence-electron chi connectivity index (χ4n) is 1.66. The number of fused-ring (bicyclic) bond motifs is 1. The molecule has 0 aliphatic heterocycles. The van der Waals surface area contributed by atoms with E-state index in [-0.39, 0.29) is 0 Å². The van der Waals surface area contributed by atoms with Crippen molar-refractivity contribution in [2.45, 2.75) is 26.8 Å². The van der Waals surface area contributed by atoms with Gasteiger partial charge in [0.1, 0.15) is 0 Å². The van der Waals surface area contributed by atoms with E-state index < -0.39 is 0 Å². The Labute approximate surface area is 89.9 Å². The summed E-state index contributed by atoms with van der Waals surface area (Å²) in [5.41, 5.74) is 7.70. The molecule has 0 fully saturated rings. The number of nitrogen functional groups attached to an aromatic ring is 1. The number of anilines is 1. The molecule has 0 spiro atoms. The second-order valence-electron chi connectivity index (χ2n) is 4.39. The maximum Gasteiger partial charge on any atom is 0.0706 e. The monoisotopic (exact) mass is 203 g/mol. The van der Waals surface area contributed by atoms with Crippen LogP contribution in [0, 0.1) is 5.92 Å². The van der Waals surface area contributed by atoms with Gasteiger partial charge in [0, 0.05) is 11.1 Å². The molecule has 2 aromatic rings. The first-order valence-electron chi connectivity index (χ1n) is 5.32. The molecule has 0 bridgehead atoms. The third-order valence-electron chi connectivity index (χ3n) is 2.97. The summed E-state index contributed by atoms with van der Waals surface area (Å²) < 4.78 is 2.05. The number of nitrogens with two attached hydrogens (primary N) is 1. The molecule has 1 atom stereocenters. The van der Waals surface area contributed by atoms with Crippen molar-refractivity contribution >= 4 is 16.6 Å². The molecule has 0 aliphatic rings. The minimum absolute atomic E-state index is 0.393. The van der Waals surface area contributed by atoms with Crippen LogP contribution in [0.1, 0.15) is 26.8 Å². The van der Waals surface area contributed by atoms with E-state index in [2.05, 4.69) is 30.6 Å². The van der Waals surface area contributed by atoms with Gasteiger partial charge in [0.2, 0.25) is 0 Å². The Balaban J connectivity index is 2.56. The van der Waals surface area contributed by atoms with Crippen molar-refractivity contribution in [3.05, 3.63) is 24.4 Å². The van der Waals surface area contributed by atoms with Crippen molar-refractivity contribution in [2.75, 3.05) is 5.73 Å². The zero-order valence-corrected chi connectivity index (χ0v) is 9.44. The predicted molar refractivity (Wildman–Crippen MR) is 63.7 cm³/mol. The Hall–Kier alpha value is -1.51. The minimum atomic E-state index is 0.393. The third-order valence-corrected chi connectivity index (χ3v) is 2.97. The maximum absolute atomic E-state index is 5.79. The smallest absolute Gasteiger partial charge is 0.0706 e. The SMILES string of the molecule is CC(C)C(C)n1ncc2ccc(N)cc21. The summed E-state index contributed by atoms with van der Waals surface area (Å²) in [6.07, 6.45) is 1.90. The molecule has 15 heavy (non-hydrogen) atoms. The van der Waals surface area contributed by atoms with Gasteiger partial charge in [0.15, 0.2) is 0 Å². The molecule has 0 aliphatic carbocycles. The Morgan fingerprint density at radius 1 is 1.27 bits per heavy atom. The summed E-state index contributed by atoms with van der Waals surface area (Å²) in [4.78, 5) is 0. The second-order valence-corrected chi connectivity index (χ2v) is 4.39. The highest BCUT2D eigenvalue weighted by Gasteiger charge is 2.12. The van der Waals surface area contributed by atoms with Crippen LogP contribution in [0.15, 0.2) is 24.4 Å². The average molecular weight is 203 g/mol. The van der Waals surface area contributed by atoms with Gasteiger partial charge in [-0.25, -0.2) is 0 Å². The number of nitrogens with zero attached hydrogens (tertiary/aromatic N) is 2. The fraction of sp³-hybridized carbons (Fsp3) is 0.417. The van der Waals surface area contributed by atoms with Crippen molar-refractivity contribution in [3.8, 4) is 0 Å². The lowest BCUT2D eigenvalue weighted by atomic mass is 10.1. The first kappa shape index (κ1) is 10.0. The third kappa shape index (κ3) is 1.69. The molecule has 1 unspecified atom stereocenters. The Morgan fingerprint density at radius 3 is 2.67 bits per heavy atom. The molecule has 1 aromatic carbocycles. The molecule has 2 N–H and O–H groups in total. The summed E-state index contributed by atoms with van der Waals surface area (Å²) in [5.74, 6) is 0.564. The second kappa shape index (κ2) is 3.57. The molecule has 3 nitrogen and oxygen atoms in total. The van der Waals surface area contributed by atoms with Crippen LogP contribution >= 0.6 is 0 Å². The van der Waals surface area contributed by atoms with Crippen molar-refractivity contribution in [2.24, 2.45) is 5.92 Å². The van der Waals surface area contributed by atoms with E-state index in [0.717, 1.165) is 16.6 Å². The fourth-order valence-corrected chi connectivity index (χ4v) is 1.66. The zero-order chi connectivity index (χ0) is 11.0. The number of hydrogen-bond donors (Lipinski definition) is 1. The summed E-state index contributed by atoms with van der Waals surface area (Å²) in [6, 6.07) is 6.31. The van der Waals surface area contributed by atoms with Crippen LogP contribution in [-0.4, -0.2) is 9.78 Å². The lowest BCUT2D eigenvalue weighted by molar-refractivity contribution is 0.385. The first-order chi connectivity index (χ1) is 7.09. The van der Waals surface area contributed by atoms with Gasteiger partial charge in [0.05, 0.1) is 17.8 Å². The largest absolute Gasteiger partial charge is 0.399 e. The van der Waals surface area contributed by atoms with Gasteiger partial charge in [-0.3, -0.25) is 4.68 Å². The van der Waals surface area contributed by atoms with E-state index in [1.807, 2.05) is 24.4 Å². The number of benzene rings is 1. The molecule has 2 rings (SSSR count). The van der Waals surface area contributed by atoms with Crippen LogP contribution in [0.5, 0.6) is 0 Å². The standard InChI is InChI=1S/C12H17N3/c1-8(2)9(3)15-12-6-11(13)5-4-10(12)7-14-15/h4-9H,13H2,1-3H3.